The number of hydrazine groups is 1. The Balaban J connectivity index is 0.00000162. The van der Waals surface area contributed by atoms with Crippen molar-refractivity contribution in [3.63, 3.8) is 0 Å². The lowest BCUT2D eigenvalue weighted by Crippen LogP contribution is -2.33. The first kappa shape index (κ1) is 26.5. The molecule has 0 radical (unpaired) electrons. The molecule has 5 N–H and O–H groups in total. The molecule has 0 aliphatic heterocycles. The Hall–Kier alpha value is -2.13. The number of anilines is 2. The van der Waals surface area contributed by atoms with Crippen LogP contribution in [0.3, 0.4) is 0 Å². The van der Waals surface area contributed by atoms with Crippen LogP contribution in [0.25, 0.3) is 11.2 Å². The zero-order valence-corrected chi connectivity index (χ0v) is 21.1. The molecule has 2 aliphatic rings. The Morgan fingerprint density at radius 3 is 2.41 bits per heavy atom. The first-order valence-electron chi connectivity index (χ1n) is 12.1. The number of rotatable bonds is 8. The zero-order chi connectivity index (χ0) is 21.8. The second kappa shape index (κ2) is 12.5. The first-order valence-corrected chi connectivity index (χ1v) is 12.1. The number of halogens is 2. The molecular weight excluding hydrogens is 471 g/mol. The number of nitrogens with zero attached hydrogens (tertiary/aromatic N) is 4. The summed E-state index contributed by atoms with van der Waals surface area (Å²) < 4.78 is 2.25. The fourth-order valence-corrected chi connectivity index (χ4v) is 4.96. The van der Waals surface area contributed by atoms with Gasteiger partial charge in [0.1, 0.15) is 0 Å². The number of nitrogens with one attached hydrogen (secondary N) is 3. The third kappa shape index (κ3) is 6.30. The number of imidazole rings is 1. The quantitative estimate of drug-likeness (QED) is 0.260. The minimum absolute atomic E-state index is 0. The average Bonchev–Trinajstić information content (AvgIpc) is 3.49. The predicted molar refractivity (Wildman–Crippen MR) is 143 cm³/mol. The summed E-state index contributed by atoms with van der Waals surface area (Å²) in [4.78, 5) is 14.4. The monoisotopic (exact) mass is 506 g/mol. The summed E-state index contributed by atoms with van der Waals surface area (Å²) in [5.41, 5.74) is 15.8. The van der Waals surface area contributed by atoms with Crippen LogP contribution in [0.4, 0.5) is 11.8 Å². The number of hydrogen-bond acceptors (Lipinski definition) is 7. The van der Waals surface area contributed by atoms with E-state index in [9.17, 15) is 0 Å². The molecule has 2 heterocycles. The molecule has 34 heavy (non-hydrogen) atoms. The molecule has 0 atom stereocenters. The van der Waals surface area contributed by atoms with Gasteiger partial charge in [0.2, 0.25) is 5.95 Å². The van der Waals surface area contributed by atoms with E-state index in [0.717, 1.165) is 55.6 Å². The SMILES string of the molecule is Cl.Cl.N[C@H]1CC[C@H](Nc2nc(NNCCc3ccccc3)c3ncn(C4CCCC4)c3n2)CC1. The van der Waals surface area contributed by atoms with Gasteiger partial charge in [-0.25, -0.2) is 10.4 Å². The van der Waals surface area contributed by atoms with Crippen molar-refractivity contribution in [3.8, 4) is 0 Å². The Morgan fingerprint density at radius 1 is 0.941 bits per heavy atom. The summed E-state index contributed by atoms with van der Waals surface area (Å²) in [6.45, 7) is 0.794. The maximum Gasteiger partial charge on any atom is 0.227 e. The third-order valence-corrected chi connectivity index (χ3v) is 6.83. The van der Waals surface area contributed by atoms with Gasteiger partial charge in [0.25, 0.3) is 0 Å². The highest BCUT2D eigenvalue weighted by Gasteiger charge is 2.23. The van der Waals surface area contributed by atoms with Gasteiger partial charge in [-0.2, -0.15) is 9.97 Å². The van der Waals surface area contributed by atoms with Crippen molar-refractivity contribution < 1.29 is 0 Å². The summed E-state index contributed by atoms with van der Waals surface area (Å²) in [6.07, 6.45) is 12.0. The van der Waals surface area contributed by atoms with E-state index >= 15 is 0 Å². The molecule has 0 bridgehead atoms. The van der Waals surface area contributed by atoms with Crippen molar-refractivity contribution in [2.24, 2.45) is 5.73 Å². The van der Waals surface area contributed by atoms with E-state index in [2.05, 4.69) is 50.0 Å². The molecule has 0 unspecified atom stereocenters. The van der Waals surface area contributed by atoms with Crippen LogP contribution in [-0.4, -0.2) is 38.1 Å². The van der Waals surface area contributed by atoms with Crippen molar-refractivity contribution in [1.29, 1.82) is 0 Å². The van der Waals surface area contributed by atoms with E-state index in [1.54, 1.807) is 0 Å². The standard InChI is InChI=1S/C24H34N8.2ClH/c25-18-10-12-19(13-11-18)28-24-29-22(31-27-15-14-17-6-2-1-3-7-17)21-23(30-24)32(16-26-21)20-8-4-5-9-20;;/h1-3,6-7,16,18-20,27H,4-5,8-15,25H2,(H2,28,29,30,31);2*1H/t18-,19-;;. The van der Waals surface area contributed by atoms with Crippen LogP contribution in [0.1, 0.15) is 63.0 Å². The summed E-state index contributed by atoms with van der Waals surface area (Å²) in [5.74, 6) is 1.40. The van der Waals surface area contributed by atoms with Gasteiger partial charge in [0.15, 0.2) is 17.0 Å². The lowest BCUT2D eigenvalue weighted by Gasteiger charge is -2.27. The van der Waals surface area contributed by atoms with Crippen molar-refractivity contribution in [2.45, 2.75) is 75.9 Å². The number of nitrogens with two attached hydrogens (primary N) is 1. The van der Waals surface area contributed by atoms with Crippen LogP contribution in [0.5, 0.6) is 0 Å². The maximum atomic E-state index is 6.09. The van der Waals surface area contributed by atoms with Crippen molar-refractivity contribution in [2.75, 3.05) is 17.3 Å². The molecule has 1 aromatic carbocycles. The second-order valence-electron chi connectivity index (χ2n) is 9.20. The highest BCUT2D eigenvalue weighted by atomic mass is 35.5. The molecule has 2 fully saturated rings. The Bertz CT molecular complexity index is 1010. The topological polar surface area (TPSA) is 106 Å². The average molecular weight is 508 g/mol. The van der Waals surface area contributed by atoms with Gasteiger partial charge in [-0.1, -0.05) is 43.2 Å². The highest BCUT2D eigenvalue weighted by molar-refractivity contribution is 5.86. The molecule has 0 amide bonds. The summed E-state index contributed by atoms with van der Waals surface area (Å²) in [7, 11) is 0. The molecule has 2 aliphatic carbocycles. The molecule has 10 heteroatoms. The van der Waals surface area contributed by atoms with Crippen LogP contribution < -0.4 is 21.9 Å². The maximum absolute atomic E-state index is 6.09. The molecule has 3 aromatic rings. The number of hydrogen-bond donors (Lipinski definition) is 4. The normalized spacial score (nSPS) is 20.5. The van der Waals surface area contributed by atoms with Crippen LogP contribution in [0.2, 0.25) is 0 Å². The van der Waals surface area contributed by atoms with Crippen molar-refractivity contribution in [3.05, 3.63) is 42.2 Å². The lowest BCUT2D eigenvalue weighted by molar-refractivity contribution is 0.410. The molecule has 5 rings (SSSR count). The van der Waals surface area contributed by atoms with Crippen LogP contribution in [0, 0.1) is 0 Å². The predicted octanol–water partition coefficient (Wildman–Crippen LogP) is 4.63. The molecule has 8 nitrogen and oxygen atoms in total. The Morgan fingerprint density at radius 2 is 1.68 bits per heavy atom. The minimum atomic E-state index is 0. The van der Waals surface area contributed by atoms with Crippen LogP contribution >= 0.6 is 24.8 Å². The molecule has 0 saturated heterocycles. The number of aromatic nitrogens is 4. The largest absolute Gasteiger partial charge is 0.351 e. The van der Waals surface area contributed by atoms with Gasteiger partial charge < -0.3 is 21.0 Å². The van der Waals surface area contributed by atoms with Gasteiger partial charge in [-0.05, 0) is 50.5 Å². The van der Waals surface area contributed by atoms with E-state index in [1.807, 2.05) is 12.4 Å². The molecule has 0 spiro atoms. The van der Waals surface area contributed by atoms with Crippen LogP contribution in [0.15, 0.2) is 36.7 Å². The number of benzene rings is 1. The molecule has 186 valence electrons. The van der Waals surface area contributed by atoms with Crippen molar-refractivity contribution >= 4 is 47.7 Å². The van der Waals surface area contributed by atoms with Gasteiger partial charge >= 0.3 is 0 Å². The van der Waals surface area contributed by atoms with Crippen LogP contribution in [-0.2, 0) is 6.42 Å². The Labute approximate surface area is 213 Å². The zero-order valence-electron chi connectivity index (χ0n) is 19.4. The van der Waals surface area contributed by atoms with E-state index in [1.165, 1.54) is 31.2 Å². The summed E-state index contributed by atoms with van der Waals surface area (Å²) in [6, 6.07) is 11.7. The summed E-state index contributed by atoms with van der Waals surface area (Å²) >= 11 is 0. The van der Waals surface area contributed by atoms with Gasteiger partial charge in [-0.3, -0.25) is 0 Å². The first-order chi connectivity index (χ1) is 15.8. The number of fused-ring (bicyclic) bond motifs is 1. The molecular formula is C24H36Cl2N8. The van der Waals surface area contributed by atoms with Gasteiger partial charge in [0.05, 0.1) is 6.33 Å². The van der Waals surface area contributed by atoms with E-state index in [4.69, 9.17) is 15.7 Å². The lowest BCUT2D eigenvalue weighted by atomic mass is 9.92. The smallest absolute Gasteiger partial charge is 0.227 e. The van der Waals surface area contributed by atoms with Gasteiger partial charge in [0, 0.05) is 24.7 Å². The van der Waals surface area contributed by atoms with E-state index in [0.29, 0.717) is 24.1 Å². The second-order valence-corrected chi connectivity index (χ2v) is 9.20. The fraction of sp³-hybridized carbons (Fsp3) is 0.542. The van der Waals surface area contributed by atoms with E-state index in [-0.39, 0.29) is 24.8 Å². The summed E-state index contributed by atoms with van der Waals surface area (Å²) in [5, 5.41) is 3.57. The highest BCUT2D eigenvalue weighted by Crippen LogP contribution is 2.33. The molecule has 2 aromatic heterocycles. The Kier molecular flexibility index (Phi) is 9.76. The minimum Gasteiger partial charge on any atom is -0.351 e. The molecule has 2 saturated carbocycles. The fourth-order valence-electron chi connectivity index (χ4n) is 4.96. The van der Waals surface area contributed by atoms with Crippen molar-refractivity contribution in [1.82, 2.24) is 24.9 Å². The third-order valence-electron chi connectivity index (χ3n) is 6.83. The van der Waals surface area contributed by atoms with Gasteiger partial charge in [-0.15, -0.1) is 24.8 Å². The van der Waals surface area contributed by atoms with E-state index < -0.39 is 0 Å².